The van der Waals surface area contributed by atoms with Crippen molar-refractivity contribution in [1.29, 1.82) is 0 Å². The molecule has 1 saturated carbocycles. The highest BCUT2D eigenvalue weighted by Gasteiger charge is 2.53. The smallest absolute Gasteiger partial charge is 0.233 e. The Morgan fingerprint density at radius 2 is 1.95 bits per heavy atom. The summed E-state index contributed by atoms with van der Waals surface area (Å²) in [5.41, 5.74) is 0.916. The van der Waals surface area contributed by atoms with Gasteiger partial charge in [-0.05, 0) is 56.7 Å². The number of rotatable bonds is 3. The number of likely N-dealkylation sites (tertiary alicyclic amines) is 1. The number of benzene rings is 1. The largest absolute Gasteiger partial charge is 0.497 e. The van der Waals surface area contributed by atoms with Gasteiger partial charge in [0.25, 0.3) is 0 Å². The summed E-state index contributed by atoms with van der Waals surface area (Å²) in [4.78, 5) is 15.1. The van der Waals surface area contributed by atoms with Gasteiger partial charge < -0.3 is 9.64 Å². The molecule has 0 radical (unpaired) electrons. The molecule has 1 amide bonds. The van der Waals surface area contributed by atoms with Gasteiger partial charge in [-0.3, -0.25) is 4.79 Å². The van der Waals surface area contributed by atoms with E-state index in [1.165, 1.54) is 6.42 Å². The third-order valence-electron chi connectivity index (χ3n) is 4.87. The summed E-state index contributed by atoms with van der Waals surface area (Å²) < 4.78 is 5.20. The van der Waals surface area contributed by atoms with Gasteiger partial charge in [-0.2, -0.15) is 0 Å². The van der Waals surface area contributed by atoms with Crippen LogP contribution in [0.2, 0.25) is 0 Å². The summed E-state index contributed by atoms with van der Waals surface area (Å²) in [5, 5.41) is 0. The van der Waals surface area contributed by atoms with Gasteiger partial charge in [0.05, 0.1) is 12.5 Å². The fraction of sp³-hybridized carbons (Fsp3) is 0.588. The van der Waals surface area contributed by atoms with Crippen LogP contribution in [0.25, 0.3) is 0 Å². The van der Waals surface area contributed by atoms with Crippen molar-refractivity contribution in [2.75, 3.05) is 13.7 Å². The lowest BCUT2D eigenvalue weighted by molar-refractivity contribution is -0.137. The van der Waals surface area contributed by atoms with Crippen molar-refractivity contribution in [3.05, 3.63) is 29.8 Å². The van der Waals surface area contributed by atoms with E-state index in [1.54, 1.807) is 7.11 Å². The Hall–Kier alpha value is -1.51. The minimum absolute atomic E-state index is 0.238. The highest BCUT2D eigenvalue weighted by atomic mass is 16.5. The summed E-state index contributed by atoms with van der Waals surface area (Å²) in [5.74, 6) is 1.19. The highest BCUT2D eigenvalue weighted by Crippen LogP contribution is 2.50. The van der Waals surface area contributed by atoms with Gasteiger partial charge in [0.1, 0.15) is 5.75 Å². The second-order valence-corrected chi connectivity index (χ2v) is 6.15. The molecular formula is C17H23NO2. The van der Waals surface area contributed by atoms with E-state index in [1.807, 2.05) is 12.1 Å². The summed E-state index contributed by atoms with van der Waals surface area (Å²) in [6.45, 7) is 3.11. The fourth-order valence-electron chi connectivity index (χ4n) is 3.34. The Balaban J connectivity index is 1.82. The topological polar surface area (TPSA) is 29.5 Å². The number of carbonyl (C=O) groups excluding carboxylic acids is 1. The Labute approximate surface area is 120 Å². The lowest BCUT2D eigenvalue weighted by Crippen LogP contribution is -2.47. The number of ether oxygens (including phenoxy) is 1. The molecule has 20 heavy (non-hydrogen) atoms. The van der Waals surface area contributed by atoms with Crippen molar-refractivity contribution in [3.63, 3.8) is 0 Å². The molecule has 3 nitrogen and oxygen atoms in total. The van der Waals surface area contributed by atoms with Crippen LogP contribution < -0.4 is 4.74 Å². The third kappa shape index (κ3) is 2.19. The molecule has 3 rings (SSSR count). The van der Waals surface area contributed by atoms with Gasteiger partial charge in [-0.15, -0.1) is 0 Å². The van der Waals surface area contributed by atoms with E-state index >= 15 is 0 Å². The molecule has 1 aromatic carbocycles. The molecule has 0 spiro atoms. The first-order valence-electron chi connectivity index (χ1n) is 7.63. The zero-order chi connectivity index (χ0) is 14.2. The van der Waals surface area contributed by atoms with Crippen LogP contribution in [-0.4, -0.2) is 30.5 Å². The van der Waals surface area contributed by atoms with Crippen LogP contribution in [0.15, 0.2) is 24.3 Å². The second-order valence-electron chi connectivity index (χ2n) is 6.15. The Kier molecular flexibility index (Phi) is 3.45. The number of hydrogen-bond donors (Lipinski definition) is 0. The SMILES string of the molecule is COc1ccc(C2(C(=O)N3CCCCC3C)CC2)cc1. The van der Waals surface area contributed by atoms with E-state index in [-0.39, 0.29) is 5.41 Å². The molecule has 0 bridgehead atoms. The average Bonchev–Trinajstić information content (AvgIpc) is 3.29. The van der Waals surface area contributed by atoms with Crippen LogP contribution >= 0.6 is 0 Å². The van der Waals surface area contributed by atoms with Crippen molar-refractivity contribution in [3.8, 4) is 5.75 Å². The predicted molar refractivity (Wildman–Crippen MR) is 78.9 cm³/mol. The molecule has 1 unspecified atom stereocenters. The van der Waals surface area contributed by atoms with Crippen molar-refractivity contribution >= 4 is 5.91 Å². The predicted octanol–water partition coefficient (Wildman–Crippen LogP) is 3.13. The molecular weight excluding hydrogens is 250 g/mol. The van der Waals surface area contributed by atoms with Gasteiger partial charge in [0, 0.05) is 12.6 Å². The van der Waals surface area contributed by atoms with Crippen molar-refractivity contribution in [2.45, 2.75) is 50.5 Å². The normalized spacial score (nSPS) is 24.3. The quantitative estimate of drug-likeness (QED) is 0.847. The van der Waals surface area contributed by atoms with Gasteiger partial charge in [0.15, 0.2) is 0 Å². The molecule has 1 heterocycles. The van der Waals surface area contributed by atoms with Crippen LogP contribution in [0.4, 0.5) is 0 Å². The number of hydrogen-bond acceptors (Lipinski definition) is 2. The van der Waals surface area contributed by atoms with Crippen molar-refractivity contribution < 1.29 is 9.53 Å². The molecule has 1 aromatic rings. The summed E-state index contributed by atoms with van der Waals surface area (Å²) >= 11 is 0. The molecule has 108 valence electrons. The first-order chi connectivity index (χ1) is 9.67. The molecule has 0 aromatic heterocycles. The number of piperidine rings is 1. The Morgan fingerprint density at radius 1 is 1.25 bits per heavy atom. The van der Waals surface area contributed by atoms with Gasteiger partial charge in [0.2, 0.25) is 5.91 Å². The molecule has 1 saturated heterocycles. The lowest BCUT2D eigenvalue weighted by atomic mass is 9.92. The number of amides is 1. The fourth-order valence-corrected chi connectivity index (χ4v) is 3.34. The van der Waals surface area contributed by atoms with E-state index in [2.05, 4.69) is 24.0 Å². The average molecular weight is 273 g/mol. The van der Waals surface area contributed by atoms with Crippen molar-refractivity contribution in [2.24, 2.45) is 0 Å². The maximum absolute atomic E-state index is 12.9. The van der Waals surface area contributed by atoms with Crippen LogP contribution in [0, 0.1) is 0 Å². The standard InChI is InChI=1S/C17H23NO2/c1-13-5-3-4-12-18(13)16(19)17(10-11-17)14-6-8-15(20-2)9-7-14/h6-9,13H,3-5,10-12H2,1-2H3. The zero-order valence-corrected chi connectivity index (χ0v) is 12.4. The molecule has 2 aliphatic rings. The van der Waals surface area contributed by atoms with Crippen LogP contribution in [-0.2, 0) is 10.2 Å². The number of nitrogens with zero attached hydrogens (tertiary/aromatic N) is 1. The Morgan fingerprint density at radius 3 is 2.50 bits per heavy atom. The monoisotopic (exact) mass is 273 g/mol. The Bertz CT molecular complexity index is 490. The van der Waals surface area contributed by atoms with Crippen molar-refractivity contribution in [1.82, 2.24) is 4.90 Å². The van der Waals surface area contributed by atoms with Crippen LogP contribution in [0.5, 0.6) is 5.75 Å². The summed E-state index contributed by atoms with van der Waals surface area (Å²) in [7, 11) is 1.67. The van der Waals surface area contributed by atoms with E-state index in [0.29, 0.717) is 11.9 Å². The summed E-state index contributed by atoms with van der Waals surface area (Å²) in [6, 6.07) is 8.42. The maximum Gasteiger partial charge on any atom is 0.233 e. The number of carbonyl (C=O) groups is 1. The highest BCUT2D eigenvalue weighted by molar-refractivity contribution is 5.91. The van der Waals surface area contributed by atoms with Crippen LogP contribution in [0.1, 0.15) is 44.6 Å². The van der Waals surface area contributed by atoms with Gasteiger partial charge in [-0.1, -0.05) is 12.1 Å². The minimum atomic E-state index is -0.238. The molecule has 3 heteroatoms. The van der Waals surface area contributed by atoms with Gasteiger partial charge in [-0.25, -0.2) is 0 Å². The first-order valence-corrected chi connectivity index (χ1v) is 7.63. The molecule has 1 atom stereocenters. The minimum Gasteiger partial charge on any atom is -0.497 e. The van der Waals surface area contributed by atoms with Gasteiger partial charge >= 0.3 is 0 Å². The van der Waals surface area contributed by atoms with E-state index in [9.17, 15) is 4.79 Å². The molecule has 0 N–H and O–H groups in total. The van der Waals surface area contributed by atoms with E-state index < -0.39 is 0 Å². The third-order valence-corrected chi connectivity index (χ3v) is 4.87. The lowest BCUT2D eigenvalue weighted by Gasteiger charge is -2.36. The zero-order valence-electron chi connectivity index (χ0n) is 12.4. The number of methoxy groups -OCH3 is 1. The molecule has 2 fully saturated rings. The molecule has 1 aliphatic heterocycles. The van der Waals surface area contributed by atoms with E-state index in [0.717, 1.165) is 43.5 Å². The van der Waals surface area contributed by atoms with E-state index in [4.69, 9.17) is 4.74 Å². The second kappa shape index (κ2) is 5.12. The van der Waals surface area contributed by atoms with Crippen LogP contribution in [0.3, 0.4) is 0 Å². The summed E-state index contributed by atoms with van der Waals surface area (Å²) in [6.07, 6.45) is 5.52. The maximum atomic E-state index is 12.9. The first kappa shape index (κ1) is 13.5. The molecule has 1 aliphatic carbocycles.